The molecule has 0 spiro atoms. The number of aryl methyl sites for hydroxylation is 1. The predicted molar refractivity (Wildman–Crippen MR) is 102 cm³/mol. The number of carbonyl (C=O) groups is 1. The summed E-state index contributed by atoms with van der Waals surface area (Å²) in [5.41, 5.74) is 1.07. The zero-order chi connectivity index (χ0) is 18.3. The van der Waals surface area contributed by atoms with Crippen molar-refractivity contribution in [2.24, 2.45) is 0 Å². The lowest BCUT2D eigenvalue weighted by Crippen LogP contribution is -2.43. The fourth-order valence-electron chi connectivity index (χ4n) is 3.36. The van der Waals surface area contributed by atoms with Crippen molar-refractivity contribution in [3.8, 4) is 5.75 Å². The third-order valence-electron chi connectivity index (χ3n) is 4.86. The monoisotopic (exact) mass is 347 g/mol. The smallest absolute Gasteiger partial charge is 0.256 e. The molecular formula is C21H33NO3. The van der Waals surface area contributed by atoms with Gasteiger partial charge in [-0.3, -0.25) is 4.79 Å². The molecule has 1 aromatic rings. The Bertz CT molecular complexity index is 566. The van der Waals surface area contributed by atoms with Gasteiger partial charge in [-0.1, -0.05) is 20.3 Å². The third-order valence-corrected chi connectivity index (χ3v) is 4.86. The number of amides is 1. The molecule has 1 aliphatic carbocycles. The zero-order valence-electron chi connectivity index (χ0n) is 16.2. The van der Waals surface area contributed by atoms with Crippen molar-refractivity contribution in [2.45, 2.75) is 84.3 Å². The number of benzene rings is 1. The maximum atomic E-state index is 12.7. The summed E-state index contributed by atoms with van der Waals surface area (Å²) in [6, 6.07) is 5.86. The standard InChI is InChI=1S/C21H33NO3/c1-5-13-21(4,24-14-6-2)20(23)22-17-11-12-19(16(3)15-17)25-18-9-7-8-10-18/h11-12,15,18H,5-10,13-14H2,1-4H3,(H,22,23)/t21-/m0/s1. The average Bonchev–Trinajstić information content (AvgIpc) is 3.09. The molecule has 0 radical (unpaired) electrons. The minimum Gasteiger partial charge on any atom is -0.490 e. The van der Waals surface area contributed by atoms with Crippen LogP contribution in [0.2, 0.25) is 0 Å². The van der Waals surface area contributed by atoms with Crippen LogP contribution in [0.5, 0.6) is 5.75 Å². The molecule has 0 unspecified atom stereocenters. The SMILES string of the molecule is CCCO[C@@](C)(CCC)C(=O)Nc1ccc(OC2CCCC2)c(C)c1. The largest absolute Gasteiger partial charge is 0.490 e. The third kappa shape index (κ3) is 5.46. The number of anilines is 1. The van der Waals surface area contributed by atoms with Crippen LogP contribution in [0, 0.1) is 6.92 Å². The van der Waals surface area contributed by atoms with E-state index in [1.54, 1.807) is 0 Å². The normalized spacial score (nSPS) is 17.3. The molecule has 1 aliphatic rings. The van der Waals surface area contributed by atoms with Gasteiger partial charge in [0.15, 0.2) is 0 Å². The van der Waals surface area contributed by atoms with Gasteiger partial charge >= 0.3 is 0 Å². The Morgan fingerprint density at radius 2 is 1.96 bits per heavy atom. The summed E-state index contributed by atoms with van der Waals surface area (Å²) in [4.78, 5) is 12.7. The van der Waals surface area contributed by atoms with Crippen LogP contribution >= 0.6 is 0 Å². The van der Waals surface area contributed by atoms with Gasteiger partial charge in [-0.05, 0) is 76.1 Å². The highest BCUT2D eigenvalue weighted by Gasteiger charge is 2.33. The van der Waals surface area contributed by atoms with Crippen LogP contribution in [0.25, 0.3) is 0 Å². The highest BCUT2D eigenvalue weighted by molar-refractivity contribution is 5.97. The number of ether oxygens (including phenoxy) is 2. The Hall–Kier alpha value is -1.55. The molecule has 0 saturated heterocycles. The van der Waals surface area contributed by atoms with E-state index in [2.05, 4.69) is 19.2 Å². The Morgan fingerprint density at radius 3 is 2.56 bits per heavy atom. The van der Waals surface area contributed by atoms with Crippen molar-refractivity contribution >= 4 is 11.6 Å². The second-order valence-corrected chi connectivity index (χ2v) is 7.29. The second kappa shape index (κ2) is 9.23. The Morgan fingerprint density at radius 1 is 1.24 bits per heavy atom. The van der Waals surface area contributed by atoms with Crippen molar-refractivity contribution in [2.75, 3.05) is 11.9 Å². The lowest BCUT2D eigenvalue weighted by molar-refractivity contribution is -0.140. The molecule has 1 amide bonds. The molecule has 4 nitrogen and oxygen atoms in total. The molecule has 1 atom stereocenters. The Balaban J connectivity index is 2.02. The molecule has 0 aromatic heterocycles. The van der Waals surface area contributed by atoms with E-state index in [1.807, 2.05) is 32.0 Å². The lowest BCUT2D eigenvalue weighted by Gasteiger charge is -2.28. The van der Waals surface area contributed by atoms with Gasteiger partial charge in [-0.2, -0.15) is 0 Å². The molecule has 0 aliphatic heterocycles. The van der Waals surface area contributed by atoms with Crippen LogP contribution < -0.4 is 10.1 Å². The molecule has 1 saturated carbocycles. The molecule has 2 rings (SSSR count). The van der Waals surface area contributed by atoms with Crippen molar-refractivity contribution < 1.29 is 14.3 Å². The second-order valence-electron chi connectivity index (χ2n) is 7.29. The molecule has 1 fully saturated rings. The van der Waals surface area contributed by atoms with Crippen LogP contribution in [-0.4, -0.2) is 24.2 Å². The molecule has 25 heavy (non-hydrogen) atoms. The van der Waals surface area contributed by atoms with E-state index in [1.165, 1.54) is 12.8 Å². The van der Waals surface area contributed by atoms with Crippen LogP contribution in [0.3, 0.4) is 0 Å². The maximum Gasteiger partial charge on any atom is 0.256 e. The number of nitrogens with one attached hydrogen (secondary N) is 1. The van der Waals surface area contributed by atoms with E-state index >= 15 is 0 Å². The van der Waals surface area contributed by atoms with Gasteiger partial charge in [0.25, 0.3) is 5.91 Å². The van der Waals surface area contributed by atoms with Gasteiger partial charge in [-0.25, -0.2) is 0 Å². The van der Waals surface area contributed by atoms with Crippen molar-refractivity contribution in [1.29, 1.82) is 0 Å². The summed E-state index contributed by atoms with van der Waals surface area (Å²) in [5, 5.41) is 3.02. The molecule has 140 valence electrons. The van der Waals surface area contributed by atoms with Gasteiger partial charge in [-0.15, -0.1) is 0 Å². The summed E-state index contributed by atoms with van der Waals surface area (Å²) in [6.07, 6.45) is 7.65. The molecule has 4 heteroatoms. The average molecular weight is 347 g/mol. The molecule has 1 N–H and O–H groups in total. The highest BCUT2D eigenvalue weighted by atomic mass is 16.5. The summed E-state index contributed by atoms with van der Waals surface area (Å²) in [7, 11) is 0. The quantitative estimate of drug-likeness (QED) is 0.664. The number of hydrogen-bond donors (Lipinski definition) is 1. The Labute approximate surface area is 152 Å². The van der Waals surface area contributed by atoms with E-state index < -0.39 is 5.60 Å². The molecular weight excluding hydrogens is 314 g/mol. The lowest BCUT2D eigenvalue weighted by atomic mass is 9.98. The molecule has 1 aromatic carbocycles. The first-order chi connectivity index (χ1) is 12.0. The predicted octanol–water partition coefficient (Wildman–Crippen LogP) is 5.24. The van der Waals surface area contributed by atoms with E-state index in [-0.39, 0.29) is 5.91 Å². The first-order valence-corrected chi connectivity index (χ1v) is 9.71. The van der Waals surface area contributed by atoms with Gasteiger partial charge in [0.05, 0.1) is 6.10 Å². The number of carbonyl (C=O) groups excluding carboxylic acids is 1. The fourth-order valence-corrected chi connectivity index (χ4v) is 3.36. The first-order valence-electron chi connectivity index (χ1n) is 9.71. The topological polar surface area (TPSA) is 47.6 Å². The van der Waals surface area contributed by atoms with Crippen molar-refractivity contribution in [3.05, 3.63) is 23.8 Å². The molecule has 0 heterocycles. The van der Waals surface area contributed by atoms with Crippen LogP contribution in [0.15, 0.2) is 18.2 Å². The highest BCUT2D eigenvalue weighted by Crippen LogP contribution is 2.29. The number of hydrogen-bond acceptors (Lipinski definition) is 3. The summed E-state index contributed by atoms with van der Waals surface area (Å²) in [6.45, 7) is 8.62. The molecule has 0 bridgehead atoms. The minimum atomic E-state index is -0.780. The van der Waals surface area contributed by atoms with E-state index in [0.717, 1.165) is 42.7 Å². The van der Waals surface area contributed by atoms with E-state index in [4.69, 9.17) is 9.47 Å². The van der Waals surface area contributed by atoms with Crippen molar-refractivity contribution in [3.63, 3.8) is 0 Å². The van der Waals surface area contributed by atoms with Gasteiger partial charge < -0.3 is 14.8 Å². The number of rotatable bonds is 9. The van der Waals surface area contributed by atoms with Crippen LogP contribution in [0.4, 0.5) is 5.69 Å². The van der Waals surface area contributed by atoms with Crippen LogP contribution in [0.1, 0.15) is 71.3 Å². The Kier molecular flexibility index (Phi) is 7.30. The first kappa shape index (κ1) is 19.8. The summed E-state index contributed by atoms with van der Waals surface area (Å²) < 4.78 is 11.9. The minimum absolute atomic E-state index is 0.0772. The van der Waals surface area contributed by atoms with Gasteiger partial charge in [0, 0.05) is 12.3 Å². The van der Waals surface area contributed by atoms with E-state index in [0.29, 0.717) is 19.1 Å². The maximum absolute atomic E-state index is 12.7. The van der Waals surface area contributed by atoms with Crippen LogP contribution in [-0.2, 0) is 9.53 Å². The van der Waals surface area contributed by atoms with E-state index in [9.17, 15) is 4.79 Å². The zero-order valence-corrected chi connectivity index (χ0v) is 16.2. The van der Waals surface area contributed by atoms with Gasteiger partial charge in [0.1, 0.15) is 11.4 Å². The van der Waals surface area contributed by atoms with Crippen molar-refractivity contribution in [1.82, 2.24) is 0 Å². The fraction of sp³-hybridized carbons (Fsp3) is 0.667. The summed E-state index contributed by atoms with van der Waals surface area (Å²) in [5.74, 6) is 0.843. The van der Waals surface area contributed by atoms with Gasteiger partial charge in [0.2, 0.25) is 0 Å². The summed E-state index contributed by atoms with van der Waals surface area (Å²) >= 11 is 0.